The summed E-state index contributed by atoms with van der Waals surface area (Å²) in [4.78, 5) is 49.6. The molecule has 0 aliphatic heterocycles. The fourth-order valence-corrected chi connectivity index (χ4v) is 4.36. The first-order valence-electron chi connectivity index (χ1n) is 9.53. The number of nitrogens with one attached hydrogen (secondary N) is 2. The van der Waals surface area contributed by atoms with E-state index < -0.39 is 36.4 Å². The Morgan fingerprint density at radius 2 is 2.03 bits per heavy atom. The molecule has 0 fully saturated rings. The van der Waals surface area contributed by atoms with Crippen LogP contribution in [0, 0.1) is 0 Å². The van der Waals surface area contributed by atoms with E-state index in [9.17, 15) is 19.2 Å². The standard InChI is InChI=1S/C20H22N2O7S/c1-3-27-20(26)16-12-6-4-8-14(12)30-18(16)22-15(23)10-29-19(25)11(2)21-17(24)13-7-5-9-28-13/h5,7,9,11H,3-4,6,8,10H2,1-2H3,(H,21,24)(H,22,23). The molecule has 1 aliphatic rings. The molecule has 2 amide bonds. The summed E-state index contributed by atoms with van der Waals surface area (Å²) in [7, 11) is 0. The highest BCUT2D eigenvalue weighted by Crippen LogP contribution is 2.39. The lowest BCUT2D eigenvalue weighted by molar-refractivity contribution is -0.148. The van der Waals surface area contributed by atoms with Crippen LogP contribution in [0.1, 0.15) is 51.6 Å². The van der Waals surface area contributed by atoms with Gasteiger partial charge in [-0.25, -0.2) is 9.59 Å². The zero-order valence-corrected chi connectivity index (χ0v) is 17.4. The average Bonchev–Trinajstić information content (AvgIpc) is 3.43. The number of aryl methyl sites for hydroxylation is 1. The number of rotatable bonds is 8. The summed E-state index contributed by atoms with van der Waals surface area (Å²) in [5, 5.41) is 5.46. The molecule has 1 atom stereocenters. The quantitative estimate of drug-likeness (QED) is 0.611. The highest BCUT2D eigenvalue weighted by Gasteiger charge is 2.28. The third-order valence-corrected chi connectivity index (χ3v) is 5.65. The van der Waals surface area contributed by atoms with Gasteiger partial charge in [0.1, 0.15) is 11.0 Å². The van der Waals surface area contributed by atoms with Crippen LogP contribution in [0.5, 0.6) is 0 Å². The summed E-state index contributed by atoms with van der Waals surface area (Å²) in [5.74, 6) is -2.34. The summed E-state index contributed by atoms with van der Waals surface area (Å²) < 4.78 is 15.0. The number of amides is 2. The Balaban J connectivity index is 1.55. The smallest absolute Gasteiger partial charge is 0.341 e. The Morgan fingerprint density at radius 3 is 2.73 bits per heavy atom. The fourth-order valence-electron chi connectivity index (χ4n) is 3.07. The third kappa shape index (κ3) is 4.88. The van der Waals surface area contributed by atoms with E-state index in [-0.39, 0.29) is 12.4 Å². The van der Waals surface area contributed by atoms with Crippen LogP contribution in [-0.2, 0) is 31.9 Å². The van der Waals surface area contributed by atoms with Crippen LogP contribution in [0.25, 0.3) is 0 Å². The van der Waals surface area contributed by atoms with E-state index >= 15 is 0 Å². The van der Waals surface area contributed by atoms with Gasteiger partial charge in [0, 0.05) is 4.88 Å². The second-order valence-corrected chi connectivity index (χ2v) is 7.72. The fraction of sp³-hybridized carbons (Fsp3) is 0.400. The first-order valence-corrected chi connectivity index (χ1v) is 10.3. The predicted octanol–water partition coefficient (Wildman–Crippen LogP) is 2.31. The van der Waals surface area contributed by atoms with Crippen molar-refractivity contribution in [2.75, 3.05) is 18.5 Å². The largest absolute Gasteiger partial charge is 0.462 e. The number of carbonyl (C=O) groups excluding carboxylic acids is 4. The van der Waals surface area contributed by atoms with E-state index in [1.807, 2.05) is 0 Å². The molecule has 0 saturated carbocycles. The summed E-state index contributed by atoms with van der Waals surface area (Å²) >= 11 is 1.34. The molecule has 0 radical (unpaired) electrons. The number of esters is 2. The molecule has 1 aliphatic carbocycles. The Hall–Kier alpha value is -3.14. The van der Waals surface area contributed by atoms with Crippen LogP contribution in [0.2, 0.25) is 0 Å². The Morgan fingerprint density at radius 1 is 1.23 bits per heavy atom. The molecule has 2 heterocycles. The van der Waals surface area contributed by atoms with Crippen molar-refractivity contribution in [1.29, 1.82) is 0 Å². The van der Waals surface area contributed by atoms with Gasteiger partial charge in [-0.05, 0) is 50.8 Å². The van der Waals surface area contributed by atoms with Gasteiger partial charge >= 0.3 is 11.9 Å². The van der Waals surface area contributed by atoms with E-state index in [1.165, 1.54) is 30.6 Å². The van der Waals surface area contributed by atoms with Gasteiger partial charge in [-0.2, -0.15) is 0 Å². The SMILES string of the molecule is CCOC(=O)c1c(NC(=O)COC(=O)C(C)NC(=O)c2ccco2)sc2c1CCC2. The van der Waals surface area contributed by atoms with E-state index in [0.717, 1.165) is 29.7 Å². The van der Waals surface area contributed by atoms with Gasteiger partial charge in [0.05, 0.1) is 18.4 Å². The molecule has 9 nitrogen and oxygen atoms in total. The molecule has 10 heteroatoms. The minimum Gasteiger partial charge on any atom is -0.462 e. The number of hydrogen-bond donors (Lipinski definition) is 2. The molecule has 2 N–H and O–H groups in total. The number of fused-ring (bicyclic) bond motifs is 1. The van der Waals surface area contributed by atoms with Crippen molar-refractivity contribution in [3.63, 3.8) is 0 Å². The van der Waals surface area contributed by atoms with Crippen LogP contribution in [0.4, 0.5) is 5.00 Å². The number of ether oxygens (including phenoxy) is 2. The Kier molecular flexibility index (Phi) is 6.88. The Labute approximate surface area is 176 Å². The Bertz CT molecular complexity index is 949. The maximum Gasteiger partial charge on any atom is 0.341 e. The number of anilines is 1. The molecule has 0 spiro atoms. The van der Waals surface area contributed by atoms with E-state index in [1.54, 1.807) is 13.0 Å². The number of thiophene rings is 1. The lowest BCUT2D eigenvalue weighted by atomic mass is 10.1. The van der Waals surface area contributed by atoms with Gasteiger partial charge in [-0.3, -0.25) is 9.59 Å². The van der Waals surface area contributed by atoms with Gasteiger partial charge in [0.15, 0.2) is 12.4 Å². The highest BCUT2D eigenvalue weighted by atomic mass is 32.1. The van der Waals surface area contributed by atoms with Crippen LogP contribution >= 0.6 is 11.3 Å². The molecule has 2 aromatic rings. The third-order valence-electron chi connectivity index (χ3n) is 4.45. The monoisotopic (exact) mass is 434 g/mol. The number of carbonyl (C=O) groups is 4. The summed E-state index contributed by atoms with van der Waals surface area (Å²) in [6.45, 7) is 2.83. The van der Waals surface area contributed by atoms with Gasteiger partial charge in [-0.1, -0.05) is 0 Å². The molecule has 1 unspecified atom stereocenters. The minimum absolute atomic E-state index is 0.0598. The molecular formula is C20H22N2O7S. The molecule has 160 valence electrons. The molecule has 2 aromatic heterocycles. The second kappa shape index (κ2) is 9.57. The second-order valence-electron chi connectivity index (χ2n) is 6.61. The molecule has 0 aromatic carbocycles. The van der Waals surface area contributed by atoms with Gasteiger partial charge in [-0.15, -0.1) is 11.3 Å². The lowest BCUT2D eigenvalue weighted by Crippen LogP contribution is -2.40. The van der Waals surface area contributed by atoms with Gasteiger partial charge in [0.25, 0.3) is 11.8 Å². The minimum atomic E-state index is -0.976. The first kappa shape index (κ1) is 21.6. The zero-order valence-electron chi connectivity index (χ0n) is 16.6. The summed E-state index contributed by atoms with van der Waals surface area (Å²) in [6, 6.07) is 2.03. The average molecular weight is 434 g/mol. The summed E-state index contributed by atoms with van der Waals surface area (Å²) in [6.07, 6.45) is 3.91. The number of furan rings is 1. The van der Waals surface area contributed by atoms with Crippen molar-refractivity contribution >= 4 is 40.1 Å². The summed E-state index contributed by atoms with van der Waals surface area (Å²) in [5.41, 5.74) is 1.30. The maximum absolute atomic E-state index is 12.3. The lowest BCUT2D eigenvalue weighted by Gasteiger charge is -2.13. The zero-order chi connectivity index (χ0) is 21.7. The molecule has 30 heavy (non-hydrogen) atoms. The van der Waals surface area contributed by atoms with Crippen LogP contribution < -0.4 is 10.6 Å². The normalized spacial score (nSPS) is 13.3. The van der Waals surface area contributed by atoms with E-state index in [4.69, 9.17) is 13.9 Å². The van der Waals surface area contributed by atoms with Crippen molar-refractivity contribution in [1.82, 2.24) is 5.32 Å². The maximum atomic E-state index is 12.3. The van der Waals surface area contributed by atoms with Crippen molar-refractivity contribution in [2.45, 2.75) is 39.2 Å². The van der Waals surface area contributed by atoms with Crippen molar-refractivity contribution in [3.05, 3.63) is 40.2 Å². The van der Waals surface area contributed by atoms with Crippen molar-refractivity contribution in [2.24, 2.45) is 0 Å². The number of hydrogen-bond acceptors (Lipinski definition) is 8. The van der Waals surface area contributed by atoms with Crippen LogP contribution in [-0.4, -0.2) is 43.0 Å². The van der Waals surface area contributed by atoms with E-state index in [0.29, 0.717) is 10.6 Å². The topological polar surface area (TPSA) is 124 Å². The molecule has 0 bridgehead atoms. The first-order chi connectivity index (χ1) is 14.4. The highest BCUT2D eigenvalue weighted by molar-refractivity contribution is 7.17. The van der Waals surface area contributed by atoms with Gasteiger partial charge < -0.3 is 24.5 Å². The van der Waals surface area contributed by atoms with Crippen molar-refractivity contribution in [3.8, 4) is 0 Å². The van der Waals surface area contributed by atoms with Gasteiger partial charge in [0.2, 0.25) is 0 Å². The molecule has 0 saturated heterocycles. The van der Waals surface area contributed by atoms with Crippen LogP contribution in [0.15, 0.2) is 22.8 Å². The molecule has 3 rings (SSSR count). The predicted molar refractivity (Wildman–Crippen MR) is 108 cm³/mol. The van der Waals surface area contributed by atoms with E-state index in [2.05, 4.69) is 10.6 Å². The van der Waals surface area contributed by atoms with Crippen LogP contribution in [0.3, 0.4) is 0 Å². The molecular weight excluding hydrogens is 412 g/mol. The van der Waals surface area contributed by atoms with Crippen molar-refractivity contribution < 1.29 is 33.1 Å².